The van der Waals surface area contributed by atoms with Crippen LogP contribution in [0.3, 0.4) is 0 Å². The maximum atomic E-state index is 11.9. The summed E-state index contributed by atoms with van der Waals surface area (Å²) >= 11 is 0. The van der Waals surface area contributed by atoms with Gasteiger partial charge in [-0.05, 0) is 36.8 Å². The van der Waals surface area contributed by atoms with Crippen molar-refractivity contribution < 1.29 is 5.11 Å². The monoisotopic (exact) mass is 294 g/mol. The van der Waals surface area contributed by atoms with Gasteiger partial charge >= 0.3 is 0 Å². The van der Waals surface area contributed by atoms with Crippen LogP contribution in [0, 0.1) is 6.92 Å². The van der Waals surface area contributed by atoms with Crippen molar-refractivity contribution in [3.8, 4) is 17.0 Å². The molecule has 0 saturated carbocycles. The molecule has 2 aromatic carbocycles. The second-order valence-corrected chi connectivity index (χ2v) is 4.89. The molecule has 0 amide bonds. The van der Waals surface area contributed by atoms with Crippen molar-refractivity contribution in [1.29, 1.82) is 0 Å². The fourth-order valence-corrected chi connectivity index (χ4v) is 2.11. The minimum atomic E-state index is -0.366. The molecule has 0 aliphatic heterocycles. The standard InChI is InChI=1S/C16H14N4O2/c1-10-4-2-6-12(8-10)17-19-15-14(18-20-16(15)22)11-5-3-7-13(21)9-11/h2-9,21H,1H3,(H2,18,20,22). The average molecular weight is 294 g/mol. The number of aromatic amines is 2. The maximum absolute atomic E-state index is 11.9. The molecule has 6 heteroatoms. The lowest BCUT2D eigenvalue weighted by atomic mass is 10.1. The summed E-state index contributed by atoms with van der Waals surface area (Å²) in [7, 11) is 0. The Morgan fingerprint density at radius 3 is 2.59 bits per heavy atom. The minimum absolute atomic E-state index is 0.112. The van der Waals surface area contributed by atoms with Crippen molar-refractivity contribution in [3.05, 3.63) is 64.4 Å². The highest BCUT2D eigenvalue weighted by Gasteiger charge is 2.12. The third-order valence-corrected chi connectivity index (χ3v) is 3.15. The van der Waals surface area contributed by atoms with Crippen LogP contribution in [0.5, 0.6) is 5.75 Å². The molecule has 0 atom stereocenters. The number of phenolic OH excluding ortho intramolecular Hbond substituents is 1. The Morgan fingerprint density at radius 2 is 1.82 bits per heavy atom. The van der Waals surface area contributed by atoms with Crippen LogP contribution in [0.15, 0.2) is 63.6 Å². The largest absolute Gasteiger partial charge is 0.508 e. The molecule has 0 fully saturated rings. The Kier molecular flexibility index (Phi) is 3.57. The first-order chi connectivity index (χ1) is 10.6. The second kappa shape index (κ2) is 5.69. The molecular formula is C16H14N4O2. The van der Waals surface area contributed by atoms with Gasteiger partial charge in [-0.3, -0.25) is 15.0 Å². The molecule has 0 spiro atoms. The van der Waals surface area contributed by atoms with E-state index in [0.717, 1.165) is 5.56 Å². The number of aryl methyl sites for hydroxylation is 1. The summed E-state index contributed by atoms with van der Waals surface area (Å²) in [5, 5.41) is 23.0. The number of benzene rings is 2. The summed E-state index contributed by atoms with van der Waals surface area (Å²) in [6.07, 6.45) is 0. The molecule has 0 bridgehead atoms. The molecule has 0 radical (unpaired) electrons. The van der Waals surface area contributed by atoms with E-state index in [1.165, 1.54) is 0 Å². The number of nitrogens with one attached hydrogen (secondary N) is 2. The van der Waals surface area contributed by atoms with Crippen LogP contribution in [0.25, 0.3) is 11.3 Å². The van der Waals surface area contributed by atoms with Gasteiger partial charge < -0.3 is 5.11 Å². The summed E-state index contributed by atoms with van der Waals surface area (Å²) in [4.78, 5) is 11.9. The van der Waals surface area contributed by atoms with Crippen LogP contribution < -0.4 is 5.56 Å². The van der Waals surface area contributed by atoms with Gasteiger partial charge in [0.05, 0.1) is 11.4 Å². The zero-order valence-corrected chi connectivity index (χ0v) is 11.9. The molecule has 0 unspecified atom stereocenters. The van der Waals surface area contributed by atoms with Crippen LogP contribution in [-0.2, 0) is 0 Å². The number of phenols is 1. The first kappa shape index (κ1) is 13.8. The first-order valence-electron chi connectivity index (χ1n) is 6.72. The Balaban J connectivity index is 2.01. The van der Waals surface area contributed by atoms with E-state index in [2.05, 4.69) is 20.4 Å². The number of hydrogen-bond acceptors (Lipinski definition) is 4. The van der Waals surface area contributed by atoms with Crippen LogP contribution >= 0.6 is 0 Å². The number of H-pyrrole nitrogens is 2. The molecule has 0 aliphatic carbocycles. The zero-order chi connectivity index (χ0) is 15.5. The van der Waals surface area contributed by atoms with Crippen LogP contribution in [0.4, 0.5) is 11.4 Å². The normalized spacial score (nSPS) is 11.1. The van der Waals surface area contributed by atoms with Gasteiger partial charge in [-0.1, -0.05) is 24.3 Å². The molecule has 22 heavy (non-hydrogen) atoms. The van der Waals surface area contributed by atoms with Gasteiger partial charge in [0.2, 0.25) is 0 Å². The number of rotatable bonds is 3. The molecule has 3 rings (SSSR count). The lowest BCUT2D eigenvalue weighted by Gasteiger charge is -1.99. The van der Waals surface area contributed by atoms with Gasteiger partial charge in [0.1, 0.15) is 5.75 Å². The van der Waals surface area contributed by atoms with Crippen LogP contribution in [0.1, 0.15) is 5.56 Å². The molecular weight excluding hydrogens is 280 g/mol. The third kappa shape index (κ3) is 2.80. The number of hydrogen-bond donors (Lipinski definition) is 3. The van der Waals surface area contributed by atoms with E-state index in [-0.39, 0.29) is 17.0 Å². The van der Waals surface area contributed by atoms with E-state index >= 15 is 0 Å². The van der Waals surface area contributed by atoms with Gasteiger partial charge in [0, 0.05) is 5.56 Å². The Bertz CT molecular complexity index is 893. The zero-order valence-electron chi connectivity index (χ0n) is 11.9. The molecule has 1 aromatic heterocycles. The summed E-state index contributed by atoms with van der Waals surface area (Å²) in [5.74, 6) is 0.112. The predicted octanol–water partition coefficient (Wildman–Crippen LogP) is 3.80. The summed E-state index contributed by atoms with van der Waals surface area (Å²) in [6, 6.07) is 14.1. The van der Waals surface area contributed by atoms with Gasteiger partial charge in [-0.15, -0.1) is 5.11 Å². The van der Waals surface area contributed by atoms with Crippen molar-refractivity contribution >= 4 is 11.4 Å². The fraction of sp³-hybridized carbons (Fsp3) is 0.0625. The molecule has 0 aliphatic rings. The summed E-state index contributed by atoms with van der Waals surface area (Å²) in [6.45, 7) is 1.96. The highest BCUT2D eigenvalue weighted by Crippen LogP contribution is 2.28. The van der Waals surface area contributed by atoms with E-state index in [0.29, 0.717) is 16.9 Å². The van der Waals surface area contributed by atoms with E-state index in [9.17, 15) is 9.90 Å². The highest BCUT2D eigenvalue weighted by atomic mass is 16.3. The summed E-state index contributed by atoms with van der Waals surface area (Å²) < 4.78 is 0. The average Bonchev–Trinajstić information content (AvgIpc) is 2.86. The fourth-order valence-electron chi connectivity index (χ4n) is 2.11. The van der Waals surface area contributed by atoms with Crippen molar-refractivity contribution in [2.75, 3.05) is 0 Å². The molecule has 0 saturated heterocycles. The maximum Gasteiger partial charge on any atom is 0.292 e. The predicted molar refractivity (Wildman–Crippen MR) is 83.9 cm³/mol. The van der Waals surface area contributed by atoms with Crippen LogP contribution in [0.2, 0.25) is 0 Å². The van der Waals surface area contributed by atoms with E-state index in [4.69, 9.17) is 0 Å². The Morgan fingerprint density at radius 1 is 1.00 bits per heavy atom. The topological polar surface area (TPSA) is 93.6 Å². The number of aromatic nitrogens is 2. The van der Waals surface area contributed by atoms with Crippen molar-refractivity contribution in [2.45, 2.75) is 6.92 Å². The van der Waals surface area contributed by atoms with Crippen LogP contribution in [-0.4, -0.2) is 15.3 Å². The number of nitrogens with zero attached hydrogens (tertiary/aromatic N) is 2. The van der Waals surface area contributed by atoms with Gasteiger partial charge in [-0.25, -0.2) is 0 Å². The SMILES string of the molecule is Cc1cccc(N=Nc2c(-c3cccc(O)c3)[nH][nH]c2=O)c1. The smallest absolute Gasteiger partial charge is 0.292 e. The van der Waals surface area contributed by atoms with Crippen molar-refractivity contribution in [2.24, 2.45) is 10.2 Å². The minimum Gasteiger partial charge on any atom is -0.508 e. The lowest BCUT2D eigenvalue weighted by Crippen LogP contribution is -1.96. The molecule has 1 heterocycles. The van der Waals surface area contributed by atoms with E-state index in [1.807, 2.05) is 31.2 Å². The van der Waals surface area contributed by atoms with E-state index in [1.54, 1.807) is 24.3 Å². The Labute approximate surface area is 126 Å². The quantitative estimate of drug-likeness (QED) is 0.641. The van der Waals surface area contributed by atoms with Crippen molar-refractivity contribution in [1.82, 2.24) is 10.2 Å². The first-order valence-corrected chi connectivity index (χ1v) is 6.72. The number of azo groups is 1. The Hall–Kier alpha value is -3.15. The second-order valence-electron chi connectivity index (χ2n) is 4.89. The lowest BCUT2D eigenvalue weighted by molar-refractivity contribution is 0.475. The number of aromatic hydroxyl groups is 1. The van der Waals surface area contributed by atoms with E-state index < -0.39 is 0 Å². The summed E-state index contributed by atoms with van der Waals surface area (Å²) in [5.41, 5.74) is 2.67. The highest BCUT2D eigenvalue weighted by molar-refractivity contribution is 5.72. The molecule has 3 N–H and O–H groups in total. The molecule has 3 aromatic rings. The molecule has 6 nitrogen and oxygen atoms in total. The van der Waals surface area contributed by atoms with Gasteiger partial charge in [0.25, 0.3) is 5.56 Å². The van der Waals surface area contributed by atoms with Gasteiger partial charge in [0.15, 0.2) is 5.69 Å². The van der Waals surface area contributed by atoms with Gasteiger partial charge in [-0.2, -0.15) is 5.11 Å². The van der Waals surface area contributed by atoms with Crippen molar-refractivity contribution in [3.63, 3.8) is 0 Å². The third-order valence-electron chi connectivity index (χ3n) is 3.15. The molecule has 110 valence electrons.